The summed E-state index contributed by atoms with van der Waals surface area (Å²) < 4.78 is 0. The molecule has 4 aliphatic rings. The molecule has 0 aromatic heterocycles. The Morgan fingerprint density at radius 3 is 2.52 bits per heavy atom. The summed E-state index contributed by atoms with van der Waals surface area (Å²) in [6.07, 6.45) is 8.38. The van der Waals surface area contributed by atoms with Crippen molar-refractivity contribution in [2.75, 3.05) is 6.61 Å². The molecule has 3 nitrogen and oxygen atoms in total. The van der Waals surface area contributed by atoms with Crippen LogP contribution in [0.1, 0.15) is 65.2 Å². The number of carbonyl (C=O) groups excluding carboxylic acids is 1. The molecular weight excluding hydrogens is 288 g/mol. The molecule has 4 fully saturated rings. The van der Waals surface area contributed by atoms with Crippen LogP contribution in [-0.2, 0) is 4.79 Å². The van der Waals surface area contributed by atoms with Gasteiger partial charge in [-0.2, -0.15) is 0 Å². The molecule has 3 heteroatoms. The van der Waals surface area contributed by atoms with Gasteiger partial charge < -0.3 is 10.2 Å². The van der Waals surface area contributed by atoms with Crippen LogP contribution < -0.4 is 0 Å². The molecule has 0 amide bonds. The van der Waals surface area contributed by atoms with E-state index in [9.17, 15) is 15.0 Å². The number of hydrogen-bond donors (Lipinski definition) is 2. The van der Waals surface area contributed by atoms with Gasteiger partial charge in [-0.15, -0.1) is 0 Å². The lowest BCUT2D eigenvalue weighted by Gasteiger charge is -2.60. The minimum absolute atomic E-state index is 0.0262. The van der Waals surface area contributed by atoms with Crippen LogP contribution in [0.2, 0.25) is 0 Å². The molecule has 2 N–H and O–H groups in total. The molecule has 0 aliphatic heterocycles. The minimum atomic E-state index is -0.127. The maximum absolute atomic E-state index is 12.3. The number of fused-ring (bicyclic) bond motifs is 5. The van der Waals surface area contributed by atoms with E-state index in [-0.39, 0.29) is 29.5 Å². The number of rotatable bonds is 1. The molecule has 0 bridgehead atoms. The predicted octanol–water partition coefficient (Wildman–Crippen LogP) is 3.18. The fourth-order valence-electron chi connectivity index (χ4n) is 7.38. The van der Waals surface area contributed by atoms with Crippen molar-refractivity contribution in [3.8, 4) is 0 Å². The molecular formula is C20H32O3. The summed E-state index contributed by atoms with van der Waals surface area (Å²) in [7, 11) is 0. The third kappa shape index (κ3) is 2.12. The van der Waals surface area contributed by atoms with Crippen molar-refractivity contribution in [3.05, 3.63) is 0 Å². The Hall–Kier alpha value is -0.410. The van der Waals surface area contributed by atoms with E-state index < -0.39 is 0 Å². The Balaban J connectivity index is 1.64. The van der Waals surface area contributed by atoms with Crippen LogP contribution >= 0.6 is 0 Å². The van der Waals surface area contributed by atoms with Crippen molar-refractivity contribution >= 4 is 5.78 Å². The fourth-order valence-corrected chi connectivity index (χ4v) is 7.38. The molecule has 0 spiro atoms. The minimum Gasteiger partial charge on any atom is -0.396 e. The molecule has 0 radical (unpaired) electrons. The van der Waals surface area contributed by atoms with Gasteiger partial charge in [-0.25, -0.2) is 0 Å². The van der Waals surface area contributed by atoms with Gasteiger partial charge in [0, 0.05) is 12.3 Å². The highest BCUT2D eigenvalue weighted by molar-refractivity contribution is 5.82. The summed E-state index contributed by atoms with van der Waals surface area (Å²) in [5.74, 6) is 2.77. The van der Waals surface area contributed by atoms with Crippen LogP contribution in [0.3, 0.4) is 0 Å². The van der Waals surface area contributed by atoms with Gasteiger partial charge in [-0.3, -0.25) is 4.79 Å². The first-order chi connectivity index (χ1) is 10.9. The molecule has 0 heterocycles. The van der Waals surface area contributed by atoms with E-state index >= 15 is 0 Å². The van der Waals surface area contributed by atoms with Gasteiger partial charge in [0.25, 0.3) is 0 Å². The van der Waals surface area contributed by atoms with E-state index in [0.29, 0.717) is 30.0 Å². The van der Waals surface area contributed by atoms with E-state index in [1.54, 1.807) is 0 Å². The average Bonchev–Trinajstić information content (AvgIpc) is 2.83. The van der Waals surface area contributed by atoms with E-state index in [1.807, 2.05) is 0 Å². The van der Waals surface area contributed by atoms with Crippen LogP contribution in [0.15, 0.2) is 0 Å². The van der Waals surface area contributed by atoms with Gasteiger partial charge in [0.15, 0.2) is 0 Å². The Morgan fingerprint density at radius 1 is 1.04 bits per heavy atom. The number of Topliss-reactive ketones (excluding diaryl/α,β-unsaturated/α-hetero) is 1. The van der Waals surface area contributed by atoms with Crippen LogP contribution in [0.4, 0.5) is 0 Å². The van der Waals surface area contributed by atoms with Crippen molar-refractivity contribution in [3.63, 3.8) is 0 Å². The largest absolute Gasteiger partial charge is 0.396 e. The lowest BCUT2D eigenvalue weighted by Crippen LogP contribution is -2.55. The Bertz CT molecular complexity index is 503. The van der Waals surface area contributed by atoms with E-state index in [0.717, 1.165) is 25.2 Å². The zero-order chi connectivity index (χ0) is 16.4. The molecule has 0 unspecified atom stereocenters. The highest BCUT2D eigenvalue weighted by Gasteiger charge is 2.60. The van der Waals surface area contributed by atoms with Gasteiger partial charge >= 0.3 is 0 Å². The second kappa shape index (κ2) is 5.29. The van der Waals surface area contributed by atoms with E-state index in [4.69, 9.17) is 0 Å². The second-order valence-electron chi connectivity index (χ2n) is 9.55. The Kier molecular flexibility index (Phi) is 3.70. The van der Waals surface area contributed by atoms with Crippen molar-refractivity contribution in [2.45, 2.75) is 71.3 Å². The maximum atomic E-state index is 12.3. The maximum Gasteiger partial charge on any atom is 0.138 e. The van der Waals surface area contributed by atoms with Crippen LogP contribution in [0.5, 0.6) is 0 Å². The number of aliphatic hydroxyl groups excluding tert-OH is 2. The summed E-state index contributed by atoms with van der Waals surface area (Å²) in [6.45, 7) is 4.76. The molecule has 130 valence electrons. The molecule has 4 rings (SSSR count). The summed E-state index contributed by atoms with van der Waals surface area (Å²) in [4.78, 5) is 12.3. The van der Waals surface area contributed by atoms with Crippen LogP contribution in [-0.4, -0.2) is 28.7 Å². The number of carbonyl (C=O) groups is 1. The summed E-state index contributed by atoms with van der Waals surface area (Å²) >= 11 is 0. The molecule has 4 saturated carbocycles. The van der Waals surface area contributed by atoms with Gasteiger partial charge in [0.2, 0.25) is 0 Å². The molecule has 23 heavy (non-hydrogen) atoms. The monoisotopic (exact) mass is 320 g/mol. The number of aliphatic hydroxyl groups is 2. The first kappa shape index (κ1) is 16.1. The molecule has 8 atom stereocenters. The van der Waals surface area contributed by atoms with Crippen molar-refractivity contribution in [1.29, 1.82) is 0 Å². The quantitative estimate of drug-likeness (QED) is 0.780. The van der Waals surface area contributed by atoms with E-state index in [2.05, 4.69) is 13.8 Å². The number of hydrogen-bond acceptors (Lipinski definition) is 3. The zero-order valence-electron chi connectivity index (χ0n) is 14.6. The third-order valence-corrected chi connectivity index (χ3v) is 8.82. The standard InChI is InChI=1S/C20H32O3/c1-19-8-7-16-14(15(19)5-6-18(19)23)4-3-13-9-17(22)12(11-21)10-20(13,16)2/h12-16,18,21,23H,3-11H2,1-2H3/t12-,13-,14-,15-,16-,18-,19-,20-/m0/s1. The van der Waals surface area contributed by atoms with Crippen LogP contribution in [0, 0.1) is 40.4 Å². The predicted molar refractivity (Wildman–Crippen MR) is 88.7 cm³/mol. The highest BCUT2D eigenvalue weighted by atomic mass is 16.3. The summed E-state index contributed by atoms with van der Waals surface area (Å²) in [5.41, 5.74) is 0.352. The SMILES string of the molecule is C[C@]12C[C@@H](CO)C(=O)C[C@@H]1CC[C@@H]1[C@@H]2CC[C@]2(C)[C@@H](O)CC[C@@H]12. The molecule has 4 aliphatic carbocycles. The van der Waals surface area contributed by atoms with Gasteiger partial charge in [0.05, 0.1) is 12.7 Å². The zero-order valence-corrected chi connectivity index (χ0v) is 14.6. The smallest absolute Gasteiger partial charge is 0.138 e. The third-order valence-electron chi connectivity index (χ3n) is 8.82. The first-order valence-electron chi connectivity index (χ1n) is 9.72. The van der Waals surface area contributed by atoms with Crippen molar-refractivity contribution < 1.29 is 15.0 Å². The molecule has 0 saturated heterocycles. The first-order valence-corrected chi connectivity index (χ1v) is 9.72. The summed E-state index contributed by atoms with van der Waals surface area (Å²) in [6, 6.07) is 0. The average molecular weight is 320 g/mol. The fraction of sp³-hybridized carbons (Fsp3) is 0.950. The lowest BCUT2D eigenvalue weighted by atomic mass is 9.44. The van der Waals surface area contributed by atoms with Crippen molar-refractivity contribution in [2.24, 2.45) is 40.4 Å². The molecule has 0 aromatic rings. The summed E-state index contributed by atoms with van der Waals surface area (Å²) in [5, 5.41) is 20.1. The van der Waals surface area contributed by atoms with Crippen molar-refractivity contribution in [1.82, 2.24) is 0 Å². The normalized spacial score (nSPS) is 55.9. The van der Waals surface area contributed by atoms with Gasteiger partial charge in [0.1, 0.15) is 5.78 Å². The molecule has 0 aromatic carbocycles. The van der Waals surface area contributed by atoms with Gasteiger partial charge in [-0.1, -0.05) is 13.8 Å². The second-order valence-corrected chi connectivity index (χ2v) is 9.55. The highest BCUT2D eigenvalue weighted by Crippen LogP contribution is 2.66. The van der Waals surface area contributed by atoms with Gasteiger partial charge in [-0.05, 0) is 79.4 Å². The van der Waals surface area contributed by atoms with Crippen LogP contribution in [0.25, 0.3) is 0 Å². The Morgan fingerprint density at radius 2 is 1.78 bits per heavy atom. The van der Waals surface area contributed by atoms with E-state index in [1.165, 1.54) is 25.7 Å². The topological polar surface area (TPSA) is 57.5 Å². The number of ketones is 1. The lowest BCUT2D eigenvalue weighted by molar-refractivity contribution is -0.152. The Labute approximate surface area is 139 Å².